The van der Waals surface area contributed by atoms with Crippen LogP contribution in [0.15, 0.2) is 0 Å². The molecule has 0 saturated carbocycles. The van der Waals surface area contributed by atoms with Crippen molar-refractivity contribution in [3.8, 4) is 0 Å². The lowest BCUT2D eigenvalue weighted by Gasteiger charge is -2.11. The first-order valence-corrected chi connectivity index (χ1v) is 2.82. The van der Waals surface area contributed by atoms with Crippen LogP contribution in [-0.2, 0) is 0 Å². The molecule has 0 rings (SSSR count). The van der Waals surface area contributed by atoms with E-state index in [1.54, 1.807) is 0 Å². The molecule has 0 bridgehead atoms. The predicted octanol–water partition coefficient (Wildman–Crippen LogP) is -1.37. The third-order valence-corrected chi connectivity index (χ3v) is 1.33. The maximum Gasteiger partial charge on any atom is 0.0908 e. The number of thiol groups is 1. The Morgan fingerprint density at radius 3 is 1.88 bits per heavy atom. The molecule has 50 valence electrons. The first kappa shape index (κ1) is 8.23. The second-order valence-corrected chi connectivity index (χ2v) is 2.16. The smallest absolute Gasteiger partial charge is 0.0908 e. The summed E-state index contributed by atoms with van der Waals surface area (Å²) in [5.74, 6) is 0. The number of aliphatic hydroxyl groups is 3. The Morgan fingerprint density at radius 1 is 1.25 bits per heavy atom. The van der Waals surface area contributed by atoms with Gasteiger partial charge in [0.2, 0.25) is 0 Å². The van der Waals surface area contributed by atoms with Gasteiger partial charge >= 0.3 is 0 Å². The highest BCUT2D eigenvalue weighted by Gasteiger charge is 2.11. The molecule has 0 aliphatic rings. The molecule has 0 spiro atoms. The third-order valence-electron chi connectivity index (χ3n) is 0.818. The van der Waals surface area contributed by atoms with Gasteiger partial charge in [0.15, 0.2) is 0 Å². The zero-order valence-electron chi connectivity index (χ0n) is 4.36. The van der Waals surface area contributed by atoms with E-state index in [-0.39, 0.29) is 13.2 Å². The summed E-state index contributed by atoms with van der Waals surface area (Å²) < 4.78 is 0. The minimum absolute atomic E-state index is 0.217. The monoisotopic (exact) mass is 138 g/mol. The van der Waals surface area contributed by atoms with Gasteiger partial charge < -0.3 is 15.3 Å². The van der Waals surface area contributed by atoms with Crippen molar-refractivity contribution in [2.75, 3.05) is 13.2 Å². The predicted molar refractivity (Wildman–Crippen MR) is 33.0 cm³/mol. The number of hydrogen-bond donors (Lipinski definition) is 4. The molecule has 0 aromatic carbocycles. The Bertz CT molecular complexity index is 51.2. The molecule has 3 nitrogen and oxygen atoms in total. The Kier molecular flexibility index (Phi) is 4.26. The summed E-state index contributed by atoms with van der Waals surface area (Å²) in [6, 6.07) is 0. The van der Waals surface area contributed by atoms with E-state index < -0.39 is 11.4 Å². The van der Waals surface area contributed by atoms with Crippen LogP contribution in [0.1, 0.15) is 0 Å². The number of rotatable bonds is 3. The summed E-state index contributed by atoms with van der Waals surface area (Å²) in [6.45, 7) is -0.570. The van der Waals surface area contributed by atoms with E-state index in [4.69, 9.17) is 15.3 Å². The highest BCUT2D eigenvalue weighted by molar-refractivity contribution is 7.81. The van der Waals surface area contributed by atoms with Crippen molar-refractivity contribution < 1.29 is 15.3 Å². The van der Waals surface area contributed by atoms with Gasteiger partial charge in [0.05, 0.1) is 24.6 Å². The van der Waals surface area contributed by atoms with Crippen LogP contribution in [0.4, 0.5) is 0 Å². The van der Waals surface area contributed by atoms with Gasteiger partial charge in [-0.05, 0) is 0 Å². The summed E-state index contributed by atoms with van der Waals surface area (Å²) >= 11 is 3.74. The Hall–Kier alpha value is 0.230. The molecule has 3 N–H and O–H groups in total. The Balaban J connectivity index is 3.29. The summed E-state index contributed by atoms with van der Waals surface area (Å²) in [5.41, 5.74) is 0. The van der Waals surface area contributed by atoms with Gasteiger partial charge in [-0.25, -0.2) is 0 Å². The van der Waals surface area contributed by atoms with Gasteiger partial charge in [-0.1, -0.05) is 0 Å². The fraction of sp³-hybridized carbons (Fsp3) is 1.00. The summed E-state index contributed by atoms with van der Waals surface area (Å²) in [5, 5.41) is 24.6. The van der Waals surface area contributed by atoms with E-state index in [1.165, 1.54) is 0 Å². The van der Waals surface area contributed by atoms with Crippen molar-refractivity contribution >= 4 is 12.6 Å². The van der Waals surface area contributed by atoms with E-state index in [1.807, 2.05) is 0 Å². The summed E-state index contributed by atoms with van der Waals surface area (Å²) in [7, 11) is 0. The third kappa shape index (κ3) is 2.52. The van der Waals surface area contributed by atoms with Crippen LogP contribution in [0.5, 0.6) is 0 Å². The molecule has 4 heteroatoms. The Labute approximate surface area is 53.4 Å². The highest BCUT2D eigenvalue weighted by atomic mass is 32.1. The minimum atomic E-state index is -0.914. The normalized spacial score (nSPS) is 18.0. The zero-order valence-corrected chi connectivity index (χ0v) is 5.25. The Morgan fingerprint density at radius 2 is 1.75 bits per heavy atom. The maximum atomic E-state index is 8.64. The largest absolute Gasteiger partial charge is 0.395 e. The van der Waals surface area contributed by atoms with E-state index in [0.717, 1.165) is 0 Å². The molecule has 0 saturated heterocycles. The van der Waals surface area contributed by atoms with Crippen LogP contribution in [-0.4, -0.2) is 39.9 Å². The van der Waals surface area contributed by atoms with E-state index in [9.17, 15) is 0 Å². The van der Waals surface area contributed by atoms with E-state index in [0.29, 0.717) is 0 Å². The molecule has 0 radical (unpaired) electrons. The molecular weight excluding hydrogens is 128 g/mol. The lowest BCUT2D eigenvalue weighted by molar-refractivity contribution is 0.0782. The van der Waals surface area contributed by atoms with Crippen LogP contribution >= 0.6 is 12.6 Å². The number of hydrogen-bond acceptors (Lipinski definition) is 4. The first-order chi connectivity index (χ1) is 3.72. The molecule has 0 heterocycles. The molecule has 0 aliphatic carbocycles. The van der Waals surface area contributed by atoms with Crippen molar-refractivity contribution in [1.29, 1.82) is 0 Å². The lowest BCUT2D eigenvalue weighted by atomic mass is 10.3. The molecule has 2 unspecified atom stereocenters. The maximum absolute atomic E-state index is 8.64. The quantitative estimate of drug-likeness (QED) is 0.364. The molecule has 0 aromatic heterocycles. The SMILES string of the molecule is OCC(O)C(S)CO. The average Bonchev–Trinajstić information content (AvgIpc) is 1.84. The van der Waals surface area contributed by atoms with Crippen LogP contribution in [0.2, 0.25) is 0 Å². The van der Waals surface area contributed by atoms with E-state index in [2.05, 4.69) is 12.6 Å². The van der Waals surface area contributed by atoms with Crippen LogP contribution in [0.3, 0.4) is 0 Å². The standard InChI is InChI=1S/C4H10O3S/c5-1-3(7)4(8)2-6/h3-8H,1-2H2. The van der Waals surface area contributed by atoms with Gasteiger partial charge in [-0.15, -0.1) is 0 Å². The molecular formula is C4H10O3S. The summed E-state index contributed by atoms with van der Waals surface area (Å²) in [6.07, 6.45) is -0.914. The molecule has 8 heavy (non-hydrogen) atoms. The van der Waals surface area contributed by atoms with Crippen LogP contribution in [0.25, 0.3) is 0 Å². The van der Waals surface area contributed by atoms with Gasteiger partial charge in [0, 0.05) is 0 Å². The molecule has 0 aromatic rings. The second-order valence-electron chi connectivity index (χ2n) is 1.50. The highest BCUT2D eigenvalue weighted by Crippen LogP contribution is 1.98. The van der Waals surface area contributed by atoms with Gasteiger partial charge in [-0.3, -0.25) is 0 Å². The fourth-order valence-corrected chi connectivity index (χ4v) is 0.338. The molecule has 2 atom stereocenters. The van der Waals surface area contributed by atoms with Crippen molar-refractivity contribution in [1.82, 2.24) is 0 Å². The van der Waals surface area contributed by atoms with Crippen LogP contribution in [0, 0.1) is 0 Å². The van der Waals surface area contributed by atoms with Crippen molar-refractivity contribution in [3.63, 3.8) is 0 Å². The first-order valence-electron chi connectivity index (χ1n) is 2.30. The lowest BCUT2D eigenvalue weighted by Crippen LogP contribution is -2.27. The minimum Gasteiger partial charge on any atom is -0.395 e. The molecule has 0 fully saturated rings. The van der Waals surface area contributed by atoms with Gasteiger partial charge in [0.25, 0.3) is 0 Å². The zero-order chi connectivity index (χ0) is 6.57. The van der Waals surface area contributed by atoms with Gasteiger partial charge in [-0.2, -0.15) is 12.6 Å². The fourth-order valence-electron chi connectivity index (χ4n) is 0.243. The molecule has 0 amide bonds. The summed E-state index contributed by atoms with van der Waals surface area (Å²) in [4.78, 5) is 0. The topological polar surface area (TPSA) is 60.7 Å². The average molecular weight is 138 g/mol. The van der Waals surface area contributed by atoms with Crippen molar-refractivity contribution in [2.24, 2.45) is 0 Å². The van der Waals surface area contributed by atoms with Crippen molar-refractivity contribution in [3.05, 3.63) is 0 Å². The second kappa shape index (κ2) is 4.14. The number of aliphatic hydroxyl groups excluding tert-OH is 3. The van der Waals surface area contributed by atoms with Gasteiger partial charge in [0.1, 0.15) is 0 Å². The van der Waals surface area contributed by atoms with E-state index >= 15 is 0 Å². The van der Waals surface area contributed by atoms with Crippen molar-refractivity contribution in [2.45, 2.75) is 11.4 Å². The van der Waals surface area contributed by atoms with Crippen LogP contribution < -0.4 is 0 Å². The molecule has 0 aliphatic heterocycles.